The van der Waals surface area contributed by atoms with Gasteiger partial charge in [0.2, 0.25) is 0 Å². The van der Waals surface area contributed by atoms with Gasteiger partial charge >= 0.3 is 0 Å². The number of hydrogen-bond donors (Lipinski definition) is 1. The first-order valence-electron chi connectivity index (χ1n) is 5.38. The van der Waals surface area contributed by atoms with Gasteiger partial charge in [0.05, 0.1) is 16.0 Å². The molecule has 1 aliphatic rings. The topological polar surface area (TPSA) is 40.5 Å². The lowest BCUT2D eigenvalue weighted by Gasteiger charge is -2.37. The van der Waals surface area contributed by atoms with Gasteiger partial charge in [0.25, 0.3) is 5.91 Å². The van der Waals surface area contributed by atoms with Crippen LogP contribution in [0, 0.1) is 0 Å². The molecule has 0 spiro atoms. The van der Waals surface area contributed by atoms with E-state index in [0.717, 1.165) is 22.2 Å². The van der Waals surface area contributed by atoms with E-state index in [2.05, 4.69) is 15.9 Å². The van der Waals surface area contributed by atoms with Crippen LogP contribution in [0.2, 0.25) is 0 Å². The van der Waals surface area contributed by atoms with Gasteiger partial charge in [-0.15, -0.1) is 11.3 Å². The fourth-order valence-corrected chi connectivity index (χ4v) is 2.97. The molecule has 1 N–H and O–H groups in total. The van der Waals surface area contributed by atoms with Crippen molar-refractivity contribution in [3.8, 4) is 0 Å². The second-order valence-electron chi connectivity index (χ2n) is 3.95. The van der Waals surface area contributed by atoms with Gasteiger partial charge in [0.15, 0.2) is 0 Å². The predicted molar refractivity (Wildman–Crippen MR) is 67.8 cm³/mol. The van der Waals surface area contributed by atoms with Crippen LogP contribution in [0.4, 0.5) is 0 Å². The van der Waals surface area contributed by atoms with Crippen LogP contribution >= 0.6 is 27.3 Å². The van der Waals surface area contributed by atoms with Gasteiger partial charge < -0.3 is 10.0 Å². The average Bonchev–Trinajstić information content (AvgIpc) is 2.60. The van der Waals surface area contributed by atoms with E-state index < -0.39 is 0 Å². The number of thiophene rings is 1. The predicted octanol–water partition coefficient (Wildman–Crippen LogP) is 2.50. The molecule has 88 valence electrons. The van der Waals surface area contributed by atoms with Gasteiger partial charge in [-0.25, -0.2) is 0 Å². The van der Waals surface area contributed by atoms with E-state index in [9.17, 15) is 4.79 Å². The van der Waals surface area contributed by atoms with E-state index >= 15 is 0 Å². The number of aliphatic hydroxyl groups is 1. The highest BCUT2D eigenvalue weighted by atomic mass is 79.9. The number of amides is 1. The molecular formula is C11H14BrNO2S. The van der Waals surface area contributed by atoms with Crippen molar-refractivity contribution in [3.63, 3.8) is 0 Å². The first-order valence-corrected chi connectivity index (χ1v) is 7.05. The number of aliphatic hydroxyl groups excluding tert-OH is 1. The molecule has 3 nitrogen and oxygen atoms in total. The number of nitrogens with zero attached hydrogens (tertiary/aromatic N) is 1. The highest BCUT2D eigenvalue weighted by Crippen LogP contribution is 2.28. The third kappa shape index (κ3) is 2.47. The van der Waals surface area contributed by atoms with Crippen molar-refractivity contribution in [3.05, 3.63) is 20.8 Å². The summed E-state index contributed by atoms with van der Waals surface area (Å²) in [5.74, 6) is 0.0423. The van der Waals surface area contributed by atoms with E-state index in [1.54, 1.807) is 4.90 Å². The first kappa shape index (κ1) is 12.1. The second kappa shape index (κ2) is 5.29. The van der Waals surface area contributed by atoms with Gasteiger partial charge in [-0.2, -0.15) is 0 Å². The van der Waals surface area contributed by atoms with Gasteiger partial charge in [0.1, 0.15) is 0 Å². The third-order valence-electron chi connectivity index (χ3n) is 2.93. The maximum atomic E-state index is 12.2. The van der Waals surface area contributed by atoms with Crippen LogP contribution in [-0.2, 0) is 0 Å². The molecule has 1 saturated carbocycles. The van der Waals surface area contributed by atoms with E-state index in [-0.39, 0.29) is 12.5 Å². The summed E-state index contributed by atoms with van der Waals surface area (Å²) in [4.78, 5) is 14.0. The van der Waals surface area contributed by atoms with Gasteiger partial charge in [-0.05, 0) is 41.3 Å². The highest BCUT2D eigenvalue weighted by molar-refractivity contribution is 9.11. The summed E-state index contributed by atoms with van der Waals surface area (Å²) in [6, 6.07) is 2.18. The maximum Gasteiger partial charge on any atom is 0.255 e. The minimum atomic E-state index is 0.0353. The minimum Gasteiger partial charge on any atom is -0.395 e. The van der Waals surface area contributed by atoms with E-state index in [4.69, 9.17) is 5.11 Å². The van der Waals surface area contributed by atoms with Crippen molar-refractivity contribution in [2.75, 3.05) is 13.2 Å². The quantitative estimate of drug-likeness (QED) is 0.928. The molecule has 1 fully saturated rings. The maximum absolute atomic E-state index is 12.2. The molecule has 2 rings (SSSR count). The molecule has 0 saturated heterocycles. The molecule has 16 heavy (non-hydrogen) atoms. The van der Waals surface area contributed by atoms with Gasteiger partial charge in [0, 0.05) is 18.0 Å². The summed E-state index contributed by atoms with van der Waals surface area (Å²) >= 11 is 4.87. The fourth-order valence-electron chi connectivity index (χ4n) is 1.84. The fraction of sp³-hybridized carbons (Fsp3) is 0.545. The normalized spacial score (nSPS) is 15.9. The Morgan fingerprint density at radius 3 is 2.81 bits per heavy atom. The van der Waals surface area contributed by atoms with Crippen LogP contribution in [0.15, 0.2) is 15.2 Å². The number of hydrogen-bond acceptors (Lipinski definition) is 3. The summed E-state index contributed by atoms with van der Waals surface area (Å²) in [7, 11) is 0. The Kier molecular flexibility index (Phi) is 4.00. The Hall–Kier alpha value is -0.390. The third-order valence-corrected chi connectivity index (χ3v) is 4.44. The molecule has 5 heteroatoms. The van der Waals surface area contributed by atoms with Crippen molar-refractivity contribution in [2.45, 2.75) is 25.3 Å². The van der Waals surface area contributed by atoms with Crippen LogP contribution in [0.3, 0.4) is 0 Å². The first-order chi connectivity index (χ1) is 7.72. The Labute approximate surface area is 107 Å². The molecule has 0 unspecified atom stereocenters. The molecule has 0 aliphatic heterocycles. The van der Waals surface area contributed by atoms with Gasteiger partial charge in [-0.1, -0.05) is 0 Å². The number of carbonyl (C=O) groups is 1. The van der Waals surface area contributed by atoms with Crippen molar-refractivity contribution in [1.82, 2.24) is 4.90 Å². The highest BCUT2D eigenvalue weighted by Gasteiger charge is 2.29. The summed E-state index contributed by atoms with van der Waals surface area (Å²) in [6.45, 7) is 0.477. The Morgan fingerprint density at radius 2 is 2.38 bits per heavy atom. The average molecular weight is 304 g/mol. The minimum absolute atomic E-state index is 0.0353. The number of carbonyl (C=O) groups excluding carboxylic acids is 1. The molecule has 0 aromatic carbocycles. The zero-order valence-electron chi connectivity index (χ0n) is 8.86. The Balaban J connectivity index is 2.09. The molecule has 1 aromatic rings. The van der Waals surface area contributed by atoms with Crippen LogP contribution in [0.1, 0.15) is 29.6 Å². The largest absolute Gasteiger partial charge is 0.395 e. The lowest BCUT2D eigenvalue weighted by molar-refractivity contribution is 0.0526. The Morgan fingerprint density at radius 1 is 1.62 bits per heavy atom. The molecule has 1 amide bonds. The standard InChI is InChI=1S/C11H14BrNO2S/c12-10-6-8(7-16-10)11(15)13(4-5-14)9-2-1-3-9/h6-7,9,14H,1-5H2. The second-order valence-corrected chi connectivity index (χ2v) is 6.24. The Bertz CT molecular complexity index is 376. The number of halogens is 1. The summed E-state index contributed by atoms with van der Waals surface area (Å²) in [5, 5.41) is 10.9. The van der Waals surface area contributed by atoms with Gasteiger partial charge in [-0.3, -0.25) is 4.79 Å². The molecule has 0 bridgehead atoms. The van der Waals surface area contributed by atoms with Crippen LogP contribution in [0.25, 0.3) is 0 Å². The van der Waals surface area contributed by atoms with E-state index in [0.29, 0.717) is 12.6 Å². The molecule has 1 aromatic heterocycles. The molecule has 1 aliphatic carbocycles. The van der Waals surface area contributed by atoms with Crippen LogP contribution in [-0.4, -0.2) is 35.1 Å². The van der Waals surface area contributed by atoms with Crippen molar-refractivity contribution in [2.24, 2.45) is 0 Å². The zero-order valence-corrected chi connectivity index (χ0v) is 11.3. The molecule has 1 heterocycles. The van der Waals surface area contributed by atoms with Crippen molar-refractivity contribution in [1.29, 1.82) is 0 Å². The molecule has 0 atom stereocenters. The van der Waals surface area contributed by atoms with Crippen LogP contribution < -0.4 is 0 Å². The van der Waals surface area contributed by atoms with Crippen LogP contribution in [0.5, 0.6) is 0 Å². The number of rotatable bonds is 4. The van der Waals surface area contributed by atoms with E-state index in [1.165, 1.54) is 17.8 Å². The summed E-state index contributed by atoms with van der Waals surface area (Å²) in [6.07, 6.45) is 3.32. The summed E-state index contributed by atoms with van der Waals surface area (Å²) < 4.78 is 0.966. The van der Waals surface area contributed by atoms with E-state index in [1.807, 2.05) is 11.4 Å². The monoisotopic (exact) mass is 303 g/mol. The van der Waals surface area contributed by atoms with Crippen molar-refractivity contribution >= 4 is 33.2 Å². The van der Waals surface area contributed by atoms with Crippen molar-refractivity contribution < 1.29 is 9.90 Å². The molecular weight excluding hydrogens is 290 g/mol. The molecule has 0 radical (unpaired) electrons. The lowest BCUT2D eigenvalue weighted by atomic mass is 9.91. The summed E-state index contributed by atoms with van der Waals surface area (Å²) in [5.41, 5.74) is 0.720. The zero-order chi connectivity index (χ0) is 11.5. The SMILES string of the molecule is O=C(c1csc(Br)c1)N(CCO)C1CCC1. The lowest BCUT2D eigenvalue weighted by Crippen LogP contribution is -2.45. The smallest absolute Gasteiger partial charge is 0.255 e.